The second kappa shape index (κ2) is 12.5. The van der Waals surface area contributed by atoms with Crippen LogP contribution >= 0.6 is 0 Å². The fourth-order valence-corrected chi connectivity index (χ4v) is 5.04. The van der Waals surface area contributed by atoms with Gasteiger partial charge in [0.15, 0.2) is 11.2 Å². The molecule has 0 atom stereocenters. The van der Waals surface area contributed by atoms with Gasteiger partial charge >= 0.3 is 0 Å². The standard InChI is InChI=1S/C35H36N2O2/c1-3-5-6-7-11-22-36-23-21-29(31-19-18-30(38)25-32(31)36)15-12-16-35-37(26-28-13-9-8-10-14-28)33-24-27(4-2)17-20-34(33)39-35/h3,5,8-10,12-21,23-25H,4,6-7,11,22,26H2,1-2H3/b5-3+,15-12-,35-16-. The maximum Gasteiger partial charge on any atom is 0.200 e. The number of ether oxygens (including phenoxy) is 1. The minimum absolute atomic E-state index is 0.0357. The number of rotatable bonds is 10. The lowest BCUT2D eigenvalue weighted by Crippen LogP contribution is -2.19. The van der Waals surface area contributed by atoms with Gasteiger partial charge < -0.3 is 14.2 Å². The van der Waals surface area contributed by atoms with E-state index in [1.807, 2.05) is 24.3 Å². The molecule has 0 fully saturated rings. The van der Waals surface area contributed by atoms with E-state index in [9.17, 15) is 4.79 Å². The summed E-state index contributed by atoms with van der Waals surface area (Å²) in [6, 6.07) is 24.4. The highest BCUT2D eigenvalue weighted by Gasteiger charge is 2.26. The second-order valence-corrected chi connectivity index (χ2v) is 9.90. The van der Waals surface area contributed by atoms with E-state index in [-0.39, 0.29) is 5.43 Å². The maximum atomic E-state index is 12.2. The number of hydrogen-bond donors (Lipinski definition) is 0. The first kappa shape index (κ1) is 26.3. The number of aromatic nitrogens is 1. The third-order valence-corrected chi connectivity index (χ3v) is 7.18. The van der Waals surface area contributed by atoms with Crippen LogP contribution in [0.25, 0.3) is 17.3 Å². The number of benzene rings is 3. The van der Waals surface area contributed by atoms with E-state index in [2.05, 4.69) is 96.3 Å². The summed E-state index contributed by atoms with van der Waals surface area (Å²) in [6.45, 7) is 5.86. The summed E-state index contributed by atoms with van der Waals surface area (Å²) in [7, 11) is 0. The van der Waals surface area contributed by atoms with Crippen molar-refractivity contribution in [3.05, 3.63) is 136 Å². The SMILES string of the molecule is C/C=C/CCCCn1ccc(/C=C\C=C2/Oc3ccc(CC)cc3N2Cc2ccccc2)c2ccc(=O)cc1-2. The molecule has 0 unspecified atom stereocenters. The number of pyridine rings is 1. The lowest BCUT2D eigenvalue weighted by molar-refractivity contribution is 0.438. The van der Waals surface area contributed by atoms with Crippen molar-refractivity contribution in [1.82, 2.24) is 4.57 Å². The number of nitrogens with zero attached hydrogens (tertiary/aromatic N) is 2. The first-order valence-corrected chi connectivity index (χ1v) is 13.9. The fourth-order valence-electron chi connectivity index (χ4n) is 5.04. The molecule has 39 heavy (non-hydrogen) atoms. The van der Waals surface area contributed by atoms with Crippen LogP contribution in [0.5, 0.6) is 5.75 Å². The minimum Gasteiger partial charge on any atom is -0.439 e. The van der Waals surface area contributed by atoms with E-state index in [0.717, 1.165) is 72.9 Å². The smallest absolute Gasteiger partial charge is 0.200 e. The van der Waals surface area contributed by atoms with Gasteiger partial charge in [0.25, 0.3) is 0 Å². The quantitative estimate of drug-likeness (QED) is 0.157. The van der Waals surface area contributed by atoms with Gasteiger partial charge in [0, 0.05) is 24.4 Å². The zero-order valence-electron chi connectivity index (χ0n) is 22.8. The molecule has 3 aliphatic rings. The van der Waals surface area contributed by atoms with Crippen molar-refractivity contribution < 1.29 is 4.74 Å². The monoisotopic (exact) mass is 516 g/mol. The average molecular weight is 517 g/mol. The number of allylic oxidation sites excluding steroid dienone is 4. The highest BCUT2D eigenvalue weighted by atomic mass is 16.5. The van der Waals surface area contributed by atoms with Crippen molar-refractivity contribution in [3.8, 4) is 17.0 Å². The molecule has 198 valence electrons. The lowest BCUT2D eigenvalue weighted by atomic mass is 10.0. The normalized spacial score (nSPS) is 14.1. The lowest BCUT2D eigenvalue weighted by Gasteiger charge is -2.19. The Bertz CT molecular complexity index is 1530. The summed E-state index contributed by atoms with van der Waals surface area (Å²) in [5.74, 6) is 1.68. The molecule has 1 aliphatic carbocycles. The molecule has 4 nitrogen and oxygen atoms in total. The minimum atomic E-state index is 0.0357. The summed E-state index contributed by atoms with van der Waals surface area (Å²) in [4.78, 5) is 14.5. The van der Waals surface area contributed by atoms with E-state index in [0.29, 0.717) is 0 Å². The zero-order chi connectivity index (χ0) is 27.0. The Morgan fingerprint density at radius 1 is 0.923 bits per heavy atom. The molecule has 0 spiro atoms. The van der Waals surface area contributed by atoms with Gasteiger partial charge in [-0.1, -0.05) is 67.6 Å². The van der Waals surface area contributed by atoms with Crippen molar-refractivity contribution in [3.63, 3.8) is 0 Å². The Kier molecular flexibility index (Phi) is 8.42. The van der Waals surface area contributed by atoms with Gasteiger partial charge in [0.05, 0.1) is 17.9 Å². The van der Waals surface area contributed by atoms with E-state index in [1.54, 1.807) is 12.1 Å². The number of unbranched alkanes of at least 4 members (excludes halogenated alkanes) is 2. The van der Waals surface area contributed by atoms with Crippen molar-refractivity contribution >= 4 is 11.8 Å². The van der Waals surface area contributed by atoms with Crippen molar-refractivity contribution in [1.29, 1.82) is 0 Å². The molecule has 0 N–H and O–H groups in total. The third-order valence-electron chi connectivity index (χ3n) is 7.18. The van der Waals surface area contributed by atoms with Crippen LogP contribution in [-0.2, 0) is 19.5 Å². The van der Waals surface area contributed by atoms with Gasteiger partial charge in [0.2, 0.25) is 5.88 Å². The summed E-state index contributed by atoms with van der Waals surface area (Å²) in [5, 5.41) is 0. The molecule has 2 heterocycles. The van der Waals surface area contributed by atoms with Crippen LogP contribution in [0.15, 0.2) is 114 Å². The van der Waals surface area contributed by atoms with E-state index in [1.165, 1.54) is 11.1 Å². The molecule has 2 aromatic rings. The number of hydrogen-bond acceptors (Lipinski definition) is 3. The number of fused-ring (bicyclic) bond motifs is 2. The second-order valence-electron chi connectivity index (χ2n) is 9.90. The van der Waals surface area contributed by atoms with Crippen LogP contribution in [0.3, 0.4) is 0 Å². The third kappa shape index (κ3) is 6.23. The van der Waals surface area contributed by atoms with Crippen LogP contribution in [-0.4, -0.2) is 4.57 Å². The van der Waals surface area contributed by atoms with Gasteiger partial charge in [-0.25, -0.2) is 0 Å². The molecule has 0 radical (unpaired) electrons. The largest absolute Gasteiger partial charge is 0.439 e. The number of anilines is 1. The predicted octanol–water partition coefficient (Wildman–Crippen LogP) is 8.22. The van der Waals surface area contributed by atoms with E-state index < -0.39 is 0 Å². The van der Waals surface area contributed by atoms with Crippen molar-refractivity contribution in [2.45, 2.75) is 52.6 Å². The Morgan fingerprint density at radius 3 is 2.62 bits per heavy atom. The average Bonchev–Trinajstić information content (AvgIpc) is 3.30. The van der Waals surface area contributed by atoms with Crippen LogP contribution < -0.4 is 15.1 Å². The fraction of sp³-hybridized carbons (Fsp3) is 0.229. The Hall–Kier alpha value is -4.31. The predicted molar refractivity (Wildman–Crippen MR) is 162 cm³/mol. The molecule has 0 aromatic heterocycles. The molecule has 0 saturated heterocycles. The van der Waals surface area contributed by atoms with Gasteiger partial charge in [-0.15, -0.1) is 0 Å². The van der Waals surface area contributed by atoms with Gasteiger partial charge in [-0.05, 0) is 85.7 Å². The van der Waals surface area contributed by atoms with E-state index in [4.69, 9.17) is 4.74 Å². The Morgan fingerprint density at radius 2 is 1.79 bits per heavy atom. The highest BCUT2D eigenvalue weighted by Crippen LogP contribution is 2.40. The molecule has 2 aromatic carbocycles. The topological polar surface area (TPSA) is 34.5 Å². The summed E-state index contributed by atoms with van der Waals surface area (Å²) in [6.07, 6.45) is 16.8. The molecule has 2 aliphatic heterocycles. The summed E-state index contributed by atoms with van der Waals surface area (Å²) < 4.78 is 8.51. The number of aryl methyl sites for hydroxylation is 2. The molecule has 0 bridgehead atoms. The van der Waals surface area contributed by atoms with Crippen LogP contribution in [0, 0.1) is 0 Å². The van der Waals surface area contributed by atoms with E-state index >= 15 is 0 Å². The van der Waals surface area contributed by atoms with Crippen LogP contribution in [0.1, 0.15) is 49.8 Å². The van der Waals surface area contributed by atoms with Crippen molar-refractivity contribution in [2.75, 3.05) is 4.90 Å². The molecule has 0 saturated carbocycles. The Labute approximate surface area is 231 Å². The first-order chi connectivity index (χ1) is 19.2. The van der Waals surface area contributed by atoms with Crippen molar-refractivity contribution in [2.24, 2.45) is 0 Å². The highest BCUT2D eigenvalue weighted by molar-refractivity contribution is 5.75. The van der Waals surface area contributed by atoms with Gasteiger partial charge in [-0.3, -0.25) is 4.79 Å². The van der Waals surface area contributed by atoms with Crippen LogP contribution in [0.4, 0.5) is 5.69 Å². The first-order valence-electron chi connectivity index (χ1n) is 13.9. The summed E-state index contributed by atoms with van der Waals surface area (Å²) >= 11 is 0. The maximum absolute atomic E-state index is 12.2. The molecule has 5 rings (SSSR count). The Balaban J connectivity index is 1.41. The van der Waals surface area contributed by atoms with Gasteiger partial charge in [0.1, 0.15) is 0 Å². The molecular weight excluding hydrogens is 480 g/mol. The molecule has 0 amide bonds. The molecular formula is C35H36N2O2. The van der Waals surface area contributed by atoms with Gasteiger partial charge in [-0.2, -0.15) is 0 Å². The van der Waals surface area contributed by atoms with Crippen LogP contribution in [0.2, 0.25) is 0 Å². The molecule has 4 heteroatoms. The zero-order valence-corrected chi connectivity index (χ0v) is 22.8. The summed E-state index contributed by atoms with van der Waals surface area (Å²) in [5.41, 5.74) is 6.77.